The van der Waals surface area contributed by atoms with Crippen LogP contribution in [0.15, 0.2) is 0 Å². The second-order valence-corrected chi connectivity index (χ2v) is 4.81. The molecule has 4 nitrogen and oxygen atoms in total. The van der Waals surface area contributed by atoms with Gasteiger partial charge in [-0.3, -0.25) is 0 Å². The van der Waals surface area contributed by atoms with E-state index in [-0.39, 0.29) is 6.61 Å². The molecule has 0 rings (SSSR count). The number of unbranched alkanes of at least 4 members (excludes halogenated alkanes) is 1. The van der Waals surface area contributed by atoms with E-state index in [0.29, 0.717) is 6.61 Å². The molecule has 0 radical (unpaired) electrons. The normalized spacial score (nSPS) is 14.6. The fourth-order valence-electron chi connectivity index (χ4n) is 0.591. The first kappa shape index (κ1) is 11.9. The summed E-state index contributed by atoms with van der Waals surface area (Å²) in [6.07, 6.45) is 2.00. The van der Waals surface area contributed by atoms with Crippen LogP contribution in [0.2, 0.25) is 0 Å². The zero-order valence-electron chi connectivity index (χ0n) is 7.62. The van der Waals surface area contributed by atoms with E-state index in [1.54, 1.807) is 6.92 Å². The summed E-state index contributed by atoms with van der Waals surface area (Å²) in [4.78, 5) is 0. The summed E-state index contributed by atoms with van der Waals surface area (Å²) in [5, 5.41) is 4.28. The SMILES string of the molecule is CCCCOC[C@@H](C)S(N)(=O)=O. The second-order valence-electron chi connectivity index (χ2n) is 2.83. The number of rotatable bonds is 6. The van der Waals surface area contributed by atoms with Crippen LogP contribution < -0.4 is 5.14 Å². The van der Waals surface area contributed by atoms with Crippen molar-refractivity contribution in [3.63, 3.8) is 0 Å². The molecular weight excluding hydrogens is 178 g/mol. The lowest BCUT2D eigenvalue weighted by molar-refractivity contribution is 0.133. The highest BCUT2D eigenvalue weighted by atomic mass is 32.2. The van der Waals surface area contributed by atoms with E-state index in [4.69, 9.17) is 9.88 Å². The van der Waals surface area contributed by atoms with Gasteiger partial charge in [0.2, 0.25) is 10.0 Å². The summed E-state index contributed by atoms with van der Waals surface area (Å²) < 4.78 is 26.5. The van der Waals surface area contributed by atoms with Crippen LogP contribution in [0.3, 0.4) is 0 Å². The third kappa shape index (κ3) is 5.51. The Kier molecular flexibility index (Phi) is 5.44. The molecule has 0 fully saturated rings. The number of primary sulfonamides is 1. The summed E-state index contributed by atoms with van der Waals surface area (Å²) in [5.41, 5.74) is 0. The van der Waals surface area contributed by atoms with Gasteiger partial charge in [-0.1, -0.05) is 13.3 Å². The highest BCUT2D eigenvalue weighted by Gasteiger charge is 2.14. The average Bonchev–Trinajstić information content (AvgIpc) is 1.96. The lowest BCUT2D eigenvalue weighted by atomic mass is 10.4. The van der Waals surface area contributed by atoms with Gasteiger partial charge in [-0.15, -0.1) is 0 Å². The Hall–Kier alpha value is -0.130. The molecule has 0 aliphatic rings. The van der Waals surface area contributed by atoms with Gasteiger partial charge in [-0.25, -0.2) is 13.6 Å². The van der Waals surface area contributed by atoms with Gasteiger partial charge < -0.3 is 4.74 Å². The Morgan fingerprint density at radius 2 is 2.08 bits per heavy atom. The molecule has 2 N–H and O–H groups in total. The molecule has 0 aromatic rings. The van der Waals surface area contributed by atoms with Gasteiger partial charge in [0.25, 0.3) is 0 Å². The predicted octanol–water partition coefficient (Wildman–Crippen LogP) is 0.480. The second kappa shape index (κ2) is 5.50. The molecule has 0 amide bonds. The number of sulfonamides is 1. The molecule has 0 aromatic heterocycles. The van der Waals surface area contributed by atoms with E-state index < -0.39 is 15.3 Å². The monoisotopic (exact) mass is 195 g/mol. The number of nitrogens with two attached hydrogens (primary N) is 1. The molecule has 5 heteroatoms. The summed E-state index contributed by atoms with van der Waals surface area (Å²) >= 11 is 0. The molecule has 0 bridgehead atoms. The van der Waals surface area contributed by atoms with Crippen LogP contribution in [-0.4, -0.2) is 26.9 Å². The maximum atomic E-state index is 10.7. The van der Waals surface area contributed by atoms with Gasteiger partial charge in [-0.05, 0) is 13.3 Å². The Labute approximate surface area is 74.1 Å². The van der Waals surface area contributed by atoms with Gasteiger partial charge in [0, 0.05) is 6.61 Å². The van der Waals surface area contributed by atoms with Gasteiger partial charge in [0.15, 0.2) is 0 Å². The molecule has 74 valence electrons. The molecule has 0 heterocycles. The van der Waals surface area contributed by atoms with Crippen molar-refractivity contribution in [1.29, 1.82) is 0 Å². The minimum atomic E-state index is -3.42. The van der Waals surface area contributed by atoms with Crippen molar-refractivity contribution in [2.75, 3.05) is 13.2 Å². The average molecular weight is 195 g/mol. The fraction of sp³-hybridized carbons (Fsp3) is 1.00. The predicted molar refractivity (Wildman–Crippen MR) is 48.3 cm³/mol. The Balaban J connectivity index is 3.52. The summed E-state index contributed by atoms with van der Waals surface area (Å²) in [7, 11) is -3.42. The molecule has 0 saturated heterocycles. The van der Waals surface area contributed by atoms with Gasteiger partial charge in [0.05, 0.1) is 11.9 Å². The summed E-state index contributed by atoms with van der Waals surface area (Å²) in [6, 6.07) is 0. The minimum absolute atomic E-state index is 0.193. The van der Waals surface area contributed by atoms with Gasteiger partial charge in [-0.2, -0.15) is 0 Å². The lowest BCUT2D eigenvalue weighted by Crippen LogP contribution is -2.29. The van der Waals surface area contributed by atoms with E-state index in [0.717, 1.165) is 12.8 Å². The van der Waals surface area contributed by atoms with Crippen LogP contribution in [-0.2, 0) is 14.8 Å². The molecule has 0 spiro atoms. The van der Waals surface area contributed by atoms with Crippen LogP contribution >= 0.6 is 0 Å². The highest BCUT2D eigenvalue weighted by molar-refractivity contribution is 7.89. The molecule has 0 aliphatic heterocycles. The maximum Gasteiger partial charge on any atom is 0.213 e. The molecule has 0 saturated carbocycles. The van der Waals surface area contributed by atoms with E-state index in [9.17, 15) is 8.42 Å². The third-order valence-electron chi connectivity index (χ3n) is 1.56. The van der Waals surface area contributed by atoms with Crippen LogP contribution in [0, 0.1) is 0 Å². The molecule has 1 atom stereocenters. The van der Waals surface area contributed by atoms with Crippen LogP contribution in [0.4, 0.5) is 0 Å². The van der Waals surface area contributed by atoms with E-state index >= 15 is 0 Å². The van der Waals surface area contributed by atoms with Crippen molar-refractivity contribution in [3.8, 4) is 0 Å². The molecule has 12 heavy (non-hydrogen) atoms. The van der Waals surface area contributed by atoms with Crippen molar-refractivity contribution in [3.05, 3.63) is 0 Å². The zero-order chi connectivity index (χ0) is 9.61. The van der Waals surface area contributed by atoms with Crippen LogP contribution in [0.5, 0.6) is 0 Å². The number of hydrogen-bond acceptors (Lipinski definition) is 3. The van der Waals surface area contributed by atoms with Crippen molar-refractivity contribution < 1.29 is 13.2 Å². The Morgan fingerprint density at radius 1 is 1.50 bits per heavy atom. The largest absolute Gasteiger partial charge is 0.380 e. The van der Waals surface area contributed by atoms with Crippen molar-refractivity contribution in [2.45, 2.75) is 31.9 Å². The molecule has 0 aromatic carbocycles. The maximum absolute atomic E-state index is 10.7. The molecule has 0 unspecified atom stereocenters. The van der Waals surface area contributed by atoms with Gasteiger partial charge >= 0.3 is 0 Å². The smallest absolute Gasteiger partial charge is 0.213 e. The van der Waals surface area contributed by atoms with E-state index in [1.807, 2.05) is 6.92 Å². The van der Waals surface area contributed by atoms with E-state index in [2.05, 4.69) is 0 Å². The van der Waals surface area contributed by atoms with Crippen molar-refractivity contribution in [2.24, 2.45) is 5.14 Å². The Morgan fingerprint density at radius 3 is 2.50 bits per heavy atom. The molecular formula is C7H17NO3S. The topological polar surface area (TPSA) is 69.4 Å². The van der Waals surface area contributed by atoms with Crippen molar-refractivity contribution in [1.82, 2.24) is 0 Å². The van der Waals surface area contributed by atoms with Gasteiger partial charge in [0.1, 0.15) is 0 Å². The number of hydrogen-bond donors (Lipinski definition) is 1. The molecule has 0 aliphatic carbocycles. The standard InChI is InChI=1S/C7H17NO3S/c1-3-4-5-11-6-7(2)12(8,9)10/h7H,3-6H2,1-2H3,(H2,8,9,10)/t7-/m1/s1. The first-order chi connectivity index (χ1) is 5.48. The third-order valence-corrected chi connectivity index (χ3v) is 2.81. The quantitative estimate of drug-likeness (QED) is 0.627. The zero-order valence-corrected chi connectivity index (χ0v) is 8.43. The van der Waals surface area contributed by atoms with Crippen LogP contribution in [0.1, 0.15) is 26.7 Å². The number of ether oxygens (including phenoxy) is 1. The summed E-state index contributed by atoms with van der Waals surface area (Å²) in [5.74, 6) is 0. The Bertz CT molecular complexity index is 201. The lowest BCUT2D eigenvalue weighted by Gasteiger charge is -2.08. The minimum Gasteiger partial charge on any atom is -0.380 e. The fourth-order valence-corrected chi connectivity index (χ4v) is 0.876. The summed E-state index contributed by atoms with van der Waals surface area (Å²) in [6.45, 7) is 4.39. The highest BCUT2D eigenvalue weighted by Crippen LogP contribution is 1.96. The first-order valence-corrected chi connectivity index (χ1v) is 5.68. The van der Waals surface area contributed by atoms with Crippen molar-refractivity contribution >= 4 is 10.0 Å². The van der Waals surface area contributed by atoms with Crippen LogP contribution in [0.25, 0.3) is 0 Å². The first-order valence-electron chi connectivity index (χ1n) is 4.07. The van der Waals surface area contributed by atoms with E-state index in [1.165, 1.54) is 0 Å².